The molecule has 1 aliphatic rings. The molecule has 1 aromatic carbocycles. The molecule has 3 heterocycles. The lowest BCUT2D eigenvalue weighted by atomic mass is 9.95. The predicted octanol–water partition coefficient (Wildman–Crippen LogP) is 4.26. The number of carbonyl (C=O) groups excluding carboxylic acids is 2. The summed E-state index contributed by atoms with van der Waals surface area (Å²) in [5, 5.41) is 12.8. The smallest absolute Gasteiger partial charge is 0.341 e. The number of amides is 1. The zero-order chi connectivity index (χ0) is 26.3. The molecule has 0 saturated carbocycles. The van der Waals surface area contributed by atoms with Crippen molar-refractivity contribution in [2.75, 3.05) is 11.9 Å². The molecule has 37 heavy (non-hydrogen) atoms. The van der Waals surface area contributed by atoms with Crippen molar-refractivity contribution in [2.24, 2.45) is 0 Å². The van der Waals surface area contributed by atoms with Gasteiger partial charge >= 0.3 is 5.97 Å². The van der Waals surface area contributed by atoms with Gasteiger partial charge in [0.2, 0.25) is 5.91 Å². The number of aromatic nitrogens is 4. The molecule has 0 fully saturated rings. The van der Waals surface area contributed by atoms with E-state index in [-0.39, 0.29) is 13.2 Å². The Morgan fingerprint density at radius 1 is 1.16 bits per heavy atom. The molecule has 1 amide bonds. The van der Waals surface area contributed by atoms with Crippen LogP contribution in [0.3, 0.4) is 0 Å². The molecule has 0 spiro atoms. The summed E-state index contributed by atoms with van der Waals surface area (Å²) in [7, 11) is 0. The van der Waals surface area contributed by atoms with Crippen molar-refractivity contribution in [1.82, 2.24) is 19.6 Å². The first-order chi connectivity index (χ1) is 17.8. The minimum atomic E-state index is -0.435. The molecule has 0 bridgehead atoms. The fraction of sp³-hybridized carbons (Fsp3) is 0.370. The molecular formula is C27H29N5O4S. The van der Waals surface area contributed by atoms with Crippen LogP contribution in [0.5, 0.6) is 0 Å². The molecule has 4 aromatic rings. The average Bonchev–Trinajstić information content (AvgIpc) is 3.44. The number of thiophene rings is 1. The highest BCUT2D eigenvalue weighted by atomic mass is 32.1. The summed E-state index contributed by atoms with van der Waals surface area (Å²) in [6.07, 6.45) is 5.34. The lowest BCUT2D eigenvalue weighted by Crippen LogP contribution is -2.31. The predicted molar refractivity (Wildman–Crippen MR) is 143 cm³/mol. The van der Waals surface area contributed by atoms with Gasteiger partial charge in [0.1, 0.15) is 17.1 Å². The van der Waals surface area contributed by atoms with E-state index >= 15 is 0 Å². The highest BCUT2D eigenvalue weighted by Crippen LogP contribution is 2.38. The standard InChI is InChI=1S/C27H29N5O4S/c1-5-36-27(35)23-18-8-6-7-9-21(18)37-25(23)29-22(33)14-31-26(34)24-19(17(4)30-31)13-28-32(24)20-11-10-15(2)12-16(20)3/h10-13H,5-9,14H2,1-4H3,(H,29,33). The number of hydrogen-bond acceptors (Lipinski definition) is 7. The summed E-state index contributed by atoms with van der Waals surface area (Å²) in [6.45, 7) is 7.49. The highest BCUT2D eigenvalue weighted by molar-refractivity contribution is 7.17. The van der Waals surface area contributed by atoms with E-state index in [0.29, 0.717) is 27.2 Å². The van der Waals surface area contributed by atoms with Gasteiger partial charge in [0.15, 0.2) is 0 Å². The van der Waals surface area contributed by atoms with E-state index in [1.165, 1.54) is 11.3 Å². The first kappa shape index (κ1) is 24.9. The normalized spacial score (nSPS) is 13.0. The molecule has 0 saturated heterocycles. The number of hydrogen-bond donors (Lipinski definition) is 1. The summed E-state index contributed by atoms with van der Waals surface area (Å²) >= 11 is 1.41. The summed E-state index contributed by atoms with van der Waals surface area (Å²) in [5.41, 5.74) is 4.85. The lowest BCUT2D eigenvalue weighted by molar-refractivity contribution is -0.116. The van der Waals surface area contributed by atoms with E-state index < -0.39 is 17.4 Å². The number of benzene rings is 1. The van der Waals surface area contributed by atoms with Crippen LogP contribution in [0.15, 0.2) is 29.2 Å². The number of ether oxygens (including phenoxy) is 1. The topological polar surface area (TPSA) is 108 Å². The Morgan fingerprint density at radius 2 is 1.95 bits per heavy atom. The SMILES string of the molecule is CCOC(=O)c1c(NC(=O)Cn2nc(C)c3cnn(-c4ccc(C)cc4C)c3c2=O)sc2c1CCCC2. The second kappa shape index (κ2) is 9.93. The molecule has 1 aliphatic carbocycles. The molecule has 9 nitrogen and oxygen atoms in total. The van der Waals surface area contributed by atoms with Crippen molar-refractivity contribution in [3.05, 3.63) is 67.6 Å². The number of anilines is 1. The quantitative estimate of drug-likeness (QED) is 0.381. The van der Waals surface area contributed by atoms with Crippen LogP contribution < -0.4 is 10.9 Å². The van der Waals surface area contributed by atoms with Crippen LogP contribution in [0.4, 0.5) is 5.00 Å². The molecule has 1 N–H and O–H groups in total. The van der Waals surface area contributed by atoms with Gasteiger partial charge in [0.25, 0.3) is 5.56 Å². The van der Waals surface area contributed by atoms with Gasteiger partial charge in [0, 0.05) is 10.3 Å². The number of rotatable bonds is 6. The molecule has 0 unspecified atom stereocenters. The molecule has 0 radical (unpaired) electrons. The van der Waals surface area contributed by atoms with E-state index in [1.54, 1.807) is 24.7 Å². The van der Waals surface area contributed by atoms with E-state index in [4.69, 9.17) is 4.74 Å². The van der Waals surface area contributed by atoms with Crippen molar-refractivity contribution in [2.45, 2.75) is 59.9 Å². The molecule has 5 rings (SSSR count). The first-order valence-corrected chi connectivity index (χ1v) is 13.2. The van der Waals surface area contributed by atoms with Gasteiger partial charge in [0.05, 0.1) is 29.7 Å². The van der Waals surface area contributed by atoms with Crippen LogP contribution in [0.25, 0.3) is 16.6 Å². The molecular weight excluding hydrogens is 490 g/mol. The monoisotopic (exact) mass is 519 g/mol. The summed E-state index contributed by atoms with van der Waals surface area (Å²) in [5.74, 6) is -0.864. The van der Waals surface area contributed by atoms with Crippen molar-refractivity contribution in [3.63, 3.8) is 0 Å². The number of fused-ring (bicyclic) bond motifs is 2. The molecule has 3 aromatic heterocycles. The van der Waals surface area contributed by atoms with E-state index in [0.717, 1.165) is 57.6 Å². The van der Waals surface area contributed by atoms with Crippen LogP contribution >= 0.6 is 11.3 Å². The number of nitrogens with one attached hydrogen (secondary N) is 1. The molecule has 0 aliphatic heterocycles. The second-order valence-electron chi connectivity index (χ2n) is 9.34. The fourth-order valence-electron chi connectivity index (χ4n) is 4.93. The van der Waals surface area contributed by atoms with Crippen molar-refractivity contribution in [1.29, 1.82) is 0 Å². The largest absolute Gasteiger partial charge is 0.462 e. The summed E-state index contributed by atoms with van der Waals surface area (Å²) < 4.78 is 8.05. The van der Waals surface area contributed by atoms with Crippen LogP contribution in [0, 0.1) is 20.8 Å². The Morgan fingerprint density at radius 3 is 2.70 bits per heavy atom. The van der Waals surface area contributed by atoms with Gasteiger partial charge in [-0.15, -0.1) is 11.3 Å². The second-order valence-corrected chi connectivity index (χ2v) is 10.4. The third-order valence-corrected chi connectivity index (χ3v) is 7.85. The van der Waals surface area contributed by atoms with Gasteiger partial charge in [-0.05, 0) is 70.6 Å². The highest BCUT2D eigenvalue weighted by Gasteiger charge is 2.27. The van der Waals surface area contributed by atoms with Crippen LogP contribution in [-0.2, 0) is 28.9 Å². The first-order valence-electron chi connectivity index (χ1n) is 12.4. The summed E-state index contributed by atoms with van der Waals surface area (Å²) in [6, 6.07) is 5.93. The van der Waals surface area contributed by atoms with E-state index in [2.05, 4.69) is 15.5 Å². The number of nitrogens with zero attached hydrogens (tertiary/aromatic N) is 4. The molecule has 0 atom stereocenters. The Kier molecular flexibility index (Phi) is 6.68. The Labute approximate surface area is 218 Å². The summed E-state index contributed by atoms with van der Waals surface area (Å²) in [4.78, 5) is 40.5. The zero-order valence-electron chi connectivity index (χ0n) is 21.4. The van der Waals surface area contributed by atoms with Crippen molar-refractivity contribution < 1.29 is 14.3 Å². The maximum absolute atomic E-state index is 13.5. The van der Waals surface area contributed by atoms with E-state index in [1.807, 2.05) is 32.0 Å². The Balaban J connectivity index is 1.49. The zero-order valence-corrected chi connectivity index (χ0v) is 22.2. The van der Waals surface area contributed by atoms with E-state index in [9.17, 15) is 14.4 Å². The van der Waals surface area contributed by atoms with Crippen molar-refractivity contribution in [3.8, 4) is 5.69 Å². The number of esters is 1. The maximum Gasteiger partial charge on any atom is 0.341 e. The molecule has 192 valence electrons. The van der Waals surface area contributed by atoms with Gasteiger partial charge in [-0.1, -0.05) is 17.7 Å². The minimum Gasteiger partial charge on any atom is -0.462 e. The average molecular weight is 520 g/mol. The maximum atomic E-state index is 13.5. The number of aryl methyl sites for hydroxylation is 4. The molecule has 10 heteroatoms. The van der Waals surface area contributed by atoms with Gasteiger partial charge in [-0.25, -0.2) is 14.2 Å². The van der Waals surface area contributed by atoms with Gasteiger partial charge in [-0.2, -0.15) is 10.2 Å². The Hall–Kier alpha value is -3.79. The van der Waals surface area contributed by atoms with Crippen LogP contribution in [0.2, 0.25) is 0 Å². The van der Waals surface area contributed by atoms with Gasteiger partial charge < -0.3 is 10.1 Å². The third-order valence-electron chi connectivity index (χ3n) is 6.64. The van der Waals surface area contributed by atoms with Crippen LogP contribution in [0.1, 0.15) is 57.4 Å². The lowest BCUT2D eigenvalue weighted by Gasteiger charge is -2.12. The van der Waals surface area contributed by atoms with Crippen LogP contribution in [-0.4, -0.2) is 38.0 Å². The van der Waals surface area contributed by atoms with Gasteiger partial charge in [-0.3, -0.25) is 9.59 Å². The number of carbonyl (C=O) groups is 2. The van der Waals surface area contributed by atoms with Crippen molar-refractivity contribution >= 4 is 39.1 Å². The third kappa shape index (κ3) is 4.57. The minimum absolute atomic E-state index is 0.254. The fourth-order valence-corrected chi connectivity index (χ4v) is 6.22. The Bertz CT molecular complexity index is 1600.